The molecule has 0 amide bonds. The third-order valence-corrected chi connectivity index (χ3v) is 3.49. The second kappa shape index (κ2) is 7.01. The third kappa shape index (κ3) is 3.41. The summed E-state index contributed by atoms with van der Waals surface area (Å²) < 4.78 is 6.41. The Morgan fingerprint density at radius 1 is 1.32 bits per heavy atom. The van der Waals surface area contributed by atoms with Gasteiger partial charge in [0.25, 0.3) is 5.56 Å². The Morgan fingerprint density at radius 2 is 2.09 bits per heavy atom. The standard InChI is InChI=1S/C17H19N3O2/c1-12-4-5-13(2)15(10-12)16-11-14(6-7-18)17(21)20(19-16)8-9-22-3/h4-5,10-11H,6,8-9H2,1-3H3. The zero-order valence-electron chi connectivity index (χ0n) is 13.1. The minimum absolute atomic E-state index is 0.0756. The van der Waals surface area contributed by atoms with Crippen LogP contribution in [0.3, 0.4) is 0 Å². The van der Waals surface area contributed by atoms with Gasteiger partial charge in [0.2, 0.25) is 0 Å². The summed E-state index contributed by atoms with van der Waals surface area (Å²) in [5.41, 5.74) is 4.13. The molecule has 0 saturated carbocycles. The van der Waals surface area contributed by atoms with Crippen molar-refractivity contribution in [2.24, 2.45) is 0 Å². The van der Waals surface area contributed by atoms with Gasteiger partial charge in [-0.25, -0.2) is 4.68 Å². The van der Waals surface area contributed by atoms with Crippen LogP contribution in [-0.4, -0.2) is 23.5 Å². The summed E-state index contributed by atoms with van der Waals surface area (Å²) in [6, 6.07) is 9.87. The Bertz CT molecular complexity index is 772. The number of methoxy groups -OCH3 is 1. The molecule has 0 aliphatic carbocycles. The van der Waals surface area contributed by atoms with Crippen LogP contribution in [0.25, 0.3) is 11.3 Å². The fourth-order valence-electron chi connectivity index (χ4n) is 2.28. The van der Waals surface area contributed by atoms with Crippen molar-refractivity contribution in [3.05, 3.63) is 51.3 Å². The molecule has 2 aromatic rings. The maximum Gasteiger partial charge on any atom is 0.271 e. The number of nitriles is 1. The zero-order valence-corrected chi connectivity index (χ0v) is 13.1. The van der Waals surface area contributed by atoms with Gasteiger partial charge in [-0.05, 0) is 31.5 Å². The molecule has 0 bridgehead atoms. The maximum absolute atomic E-state index is 12.3. The minimum atomic E-state index is -0.229. The van der Waals surface area contributed by atoms with Crippen LogP contribution in [0.1, 0.15) is 16.7 Å². The van der Waals surface area contributed by atoms with Crippen molar-refractivity contribution in [2.45, 2.75) is 26.8 Å². The Hall–Kier alpha value is -2.45. The average Bonchev–Trinajstić information content (AvgIpc) is 2.50. The van der Waals surface area contributed by atoms with Crippen molar-refractivity contribution in [3.8, 4) is 17.3 Å². The number of ether oxygens (including phenoxy) is 1. The quantitative estimate of drug-likeness (QED) is 0.848. The molecule has 0 N–H and O–H groups in total. The lowest BCUT2D eigenvalue weighted by Crippen LogP contribution is -2.28. The summed E-state index contributed by atoms with van der Waals surface area (Å²) >= 11 is 0. The first-order valence-corrected chi connectivity index (χ1v) is 7.11. The average molecular weight is 297 g/mol. The lowest BCUT2D eigenvalue weighted by molar-refractivity contribution is 0.182. The Balaban J connectivity index is 2.60. The van der Waals surface area contributed by atoms with Crippen molar-refractivity contribution in [3.63, 3.8) is 0 Å². The molecule has 0 fully saturated rings. The second-order valence-electron chi connectivity index (χ2n) is 5.23. The molecule has 0 saturated heterocycles. The van der Waals surface area contributed by atoms with Crippen LogP contribution in [0.2, 0.25) is 0 Å². The van der Waals surface area contributed by atoms with Crippen LogP contribution in [0.5, 0.6) is 0 Å². The van der Waals surface area contributed by atoms with Gasteiger partial charge in [0.15, 0.2) is 0 Å². The van der Waals surface area contributed by atoms with E-state index in [4.69, 9.17) is 10.00 Å². The van der Waals surface area contributed by atoms with E-state index < -0.39 is 0 Å². The lowest BCUT2D eigenvalue weighted by atomic mass is 10.0. The highest BCUT2D eigenvalue weighted by Gasteiger charge is 2.11. The number of aryl methyl sites for hydroxylation is 2. The SMILES string of the molecule is COCCn1nc(-c2cc(C)ccc2C)cc(CC#N)c1=O. The Kier molecular flexibility index (Phi) is 5.08. The molecule has 22 heavy (non-hydrogen) atoms. The first-order chi connectivity index (χ1) is 10.6. The Morgan fingerprint density at radius 3 is 2.77 bits per heavy atom. The van der Waals surface area contributed by atoms with Crippen molar-refractivity contribution >= 4 is 0 Å². The maximum atomic E-state index is 12.3. The van der Waals surface area contributed by atoms with Gasteiger partial charge >= 0.3 is 0 Å². The van der Waals surface area contributed by atoms with Gasteiger partial charge in [-0.1, -0.05) is 17.7 Å². The number of hydrogen-bond acceptors (Lipinski definition) is 4. The van der Waals surface area contributed by atoms with E-state index in [1.54, 1.807) is 13.2 Å². The number of rotatable bonds is 5. The second-order valence-corrected chi connectivity index (χ2v) is 5.23. The van der Waals surface area contributed by atoms with E-state index in [0.717, 1.165) is 16.7 Å². The smallest absolute Gasteiger partial charge is 0.271 e. The van der Waals surface area contributed by atoms with E-state index in [-0.39, 0.29) is 12.0 Å². The van der Waals surface area contributed by atoms with Crippen molar-refractivity contribution in [1.29, 1.82) is 5.26 Å². The molecule has 1 aromatic heterocycles. The highest BCUT2D eigenvalue weighted by Crippen LogP contribution is 2.22. The van der Waals surface area contributed by atoms with Gasteiger partial charge in [-0.15, -0.1) is 0 Å². The first kappa shape index (κ1) is 15.9. The Labute approximate surface area is 129 Å². The molecule has 0 unspecified atom stereocenters. The van der Waals surface area contributed by atoms with Crippen LogP contribution in [0.4, 0.5) is 0 Å². The zero-order chi connectivity index (χ0) is 16.1. The highest BCUT2D eigenvalue weighted by molar-refractivity contribution is 5.64. The van der Waals surface area contributed by atoms with Crippen LogP contribution in [0, 0.1) is 25.2 Å². The van der Waals surface area contributed by atoms with E-state index in [2.05, 4.69) is 5.10 Å². The van der Waals surface area contributed by atoms with E-state index >= 15 is 0 Å². The summed E-state index contributed by atoms with van der Waals surface area (Å²) in [6.07, 6.45) is 0.0756. The predicted octanol–water partition coefficient (Wildman–Crippen LogP) is 2.24. The summed E-state index contributed by atoms with van der Waals surface area (Å²) in [4.78, 5) is 12.3. The largest absolute Gasteiger partial charge is 0.383 e. The lowest BCUT2D eigenvalue weighted by Gasteiger charge is -2.11. The molecular formula is C17H19N3O2. The number of aromatic nitrogens is 2. The van der Waals surface area contributed by atoms with E-state index in [0.29, 0.717) is 24.4 Å². The van der Waals surface area contributed by atoms with Crippen molar-refractivity contribution in [2.75, 3.05) is 13.7 Å². The minimum Gasteiger partial charge on any atom is -0.383 e. The summed E-state index contributed by atoms with van der Waals surface area (Å²) in [5, 5.41) is 13.4. The molecular weight excluding hydrogens is 278 g/mol. The van der Waals surface area contributed by atoms with Gasteiger partial charge in [0.05, 0.1) is 31.3 Å². The number of benzene rings is 1. The van der Waals surface area contributed by atoms with Crippen LogP contribution in [0.15, 0.2) is 29.1 Å². The molecule has 114 valence electrons. The van der Waals surface area contributed by atoms with Gasteiger partial charge in [-0.2, -0.15) is 10.4 Å². The van der Waals surface area contributed by atoms with E-state index in [1.807, 2.05) is 38.1 Å². The predicted molar refractivity (Wildman–Crippen MR) is 84.6 cm³/mol. The molecule has 0 atom stereocenters. The molecule has 5 heteroatoms. The molecule has 0 aliphatic rings. The van der Waals surface area contributed by atoms with Gasteiger partial charge in [-0.3, -0.25) is 4.79 Å². The first-order valence-electron chi connectivity index (χ1n) is 7.11. The fraction of sp³-hybridized carbons (Fsp3) is 0.353. The van der Waals surface area contributed by atoms with Crippen LogP contribution >= 0.6 is 0 Å². The van der Waals surface area contributed by atoms with E-state index in [9.17, 15) is 4.79 Å². The summed E-state index contributed by atoms with van der Waals surface area (Å²) in [5.74, 6) is 0. The van der Waals surface area contributed by atoms with E-state index in [1.165, 1.54) is 4.68 Å². The molecule has 1 aromatic carbocycles. The van der Waals surface area contributed by atoms with Gasteiger partial charge < -0.3 is 4.74 Å². The monoisotopic (exact) mass is 297 g/mol. The van der Waals surface area contributed by atoms with Crippen LogP contribution in [-0.2, 0) is 17.7 Å². The molecule has 1 heterocycles. The molecule has 5 nitrogen and oxygen atoms in total. The third-order valence-electron chi connectivity index (χ3n) is 3.49. The number of hydrogen-bond donors (Lipinski definition) is 0. The van der Waals surface area contributed by atoms with Gasteiger partial charge in [0.1, 0.15) is 0 Å². The topological polar surface area (TPSA) is 67.9 Å². The summed E-state index contributed by atoms with van der Waals surface area (Å²) in [7, 11) is 1.58. The van der Waals surface area contributed by atoms with Crippen molar-refractivity contribution < 1.29 is 4.74 Å². The molecule has 2 rings (SSSR count). The highest BCUT2D eigenvalue weighted by atomic mass is 16.5. The molecule has 0 radical (unpaired) electrons. The van der Waals surface area contributed by atoms with Crippen LogP contribution < -0.4 is 5.56 Å². The molecule has 0 aliphatic heterocycles. The molecule has 0 spiro atoms. The van der Waals surface area contributed by atoms with Crippen molar-refractivity contribution in [1.82, 2.24) is 9.78 Å². The van der Waals surface area contributed by atoms with Gasteiger partial charge in [0, 0.05) is 18.2 Å². The normalized spacial score (nSPS) is 10.5. The number of nitrogens with zero attached hydrogens (tertiary/aromatic N) is 3. The summed E-state index contributed by atoms with van der Waals surface area (Å²) in [6.45, 7) is 4.78. The fourth-order valence-corrected chi connectivity index (χ4v) is 2.28.